The molecule has 1 aliphatic heterocycles. The van der Waals surface area contributed by atoms with E-state index in [4.69, 9.17) is 14.2 Å². The van der Waals surface area contributed by atoms with Gasteiger partial charge in [0, 0.05) is 6.07 Å². The second-order valence-electron chi connectivity index (χ2n) is 5.19. The van der Waals surface area contributed by atoms with Gasteiger partial charge in [0.2, 0.25) is 6.79 Å². The van der Waals surface area contributed by atoms with E-state index in [0.29, 0.717) is 11.5 Å². The van der Waals surface area contributed by atoms with Crippen LogP contribution in [-0.2, 0) is 0 Å². The van der Waals surface area contributed by atoms with Crippen LogP contribution >= 0.6 is 0 Å². The molecule has 1 aliphatic rings. The van der Waals surface area contributed by atoms with Gasteiger partial charge < -0.3 is 19.3 Å². The van der Waals surface area contributed by atoms with Gasteiger partial charge in [-0.05, 0) is 42.7 Å². The Morgan fingerprint density at radius 2 is 1.86 bits per heavy atom. The third kappa shape index (κ3) is 2.95. The first kappa shape index (κ1) is 13.8. The van der Waals surface area contributed by atoms with Crippen LogP contribution in [0.3, 0.4) is 0 Å². The van der Waals surface area contributed by atoms with Gasteiger partial charge in [-0.1, -0.05) is 18.2 Å². The van der Waals surface area contributed by atoms with E-state index in [0.717, 1.165) is 16.9 Å². The Balaban J connectivity index is 1.65. The summed E-state index contributed by atoms with van der Waals surface area (Å²) in [5.74, 6) is 2.05. The highest BCUT2D eigenvalue weighted by Gasteiger charge is 2.15. The van der Waals surface area contributed by atoms with Crippen LogP contribution in [0, 0.1) is 13.8 Å². The highest BCUT2D eigenvalue weighted by molar-refractivity contribution is 5.46. The summed E-state index contributed by atoms with van der Waals surface area (Å²) in [7, 11) is 0. The lowest BCUT2D eigenvalue weighted by Gasteiger charge is -2.14. The van der Waals surface area contributed by atoms with E-state index in [-0.39, 0.29) is 13.4 Å². The molecule has 2 aromatic rings. The van der Waals surface area contributed by atoms with E-state index in [9.17, 15) is 5.11 Å². The highest BCUT2D eigenvalue weighted by Crippen LogP contribution is 2.35. The molecule has 0 fully saturated rings. The van der Waals surface area contributed by atoms with Crippen LogP contribution in [0.25, 0.3) is 0 Å². The van der Waals surface area contributed by atoms with Crippen molar-refractivity contribution in [2.75, 3.05) is 13.4 Å². The maximum absolute atomic E-state index is 10.2. The predicted molar refractivity (Wildman–Crippen MR) is 78.9 cm³/mol. The van der Waals surface area contributed by atoms with Gasteiger partial charge in [0.15, 0.2) is 11.5 Å². The molecule has 0 radical (unpaired) electrons. The number of aryl methyl sites for hydroxylation is 2. The van der Waals surface area contributed by atoms with Gasteiger partial charge in [-0.25, -0.2) is 0 Å². The van der Waals surface area contributed by atoms with Crippen LogP contribution in [0.2, 0.25) is 0 Å². The molecule has 3 rings (SSSR count). The van der Waals surface area contributed by atoms with E-state index in [1.165, 1.54) is 5.56 Å². The number of fused-ring (bicyclic) bond motifs is 1. The fourth-order valence-electron chi connectivity index (χ4n) is 2.21. The molecule has 0 spiro atoms. The SMILES string of the molecule is Cc1ccc(C(O)COc2ccc3c(c2)OCO3)cc1C. The normalized spacial score (nSPS) is 14.0. The minimum Gasteiger partial charge on any atom is -0.490 e. The molecule has 4 nitrogen and oxygen atoms in total. The van der Waals surface area contributed by atoms with Crippen LogP contribution in [0.5, 0.6) is 17.2 Å². The van der Waals surface area contributed by atoms with Gasteiger partial charge in [-0.2, -0.15) is 0 Å². The third-order valence-corrected chi connectivity index (χ3v) is 3.67. The Morgan fingerprint density at radius 1 is 1.05 bits per heavy atom. The lowest BCUT2D eigenvalue weighted by Crippen LogP contribution is -2.10. The van der Waals surface area contributed by atoms with E-state index < -0.39 is 6.10 Å². The molecule has 0 amide bonds. The van der Waals surface area contributed by atoms with Gasteiger partial charge in [0.25, 0.3) is 0 Å². The molecule has 1 N–H and O–H groups in total. The Hall–Kier alpha value is -2.20. The summed E-state index contributed by atoms with van der Waals surface area (Å²) in [6.07, 6.45) is -0.658. The van der Waals surface area contributed by atoms with Crippen LogP contribution in [0.1, 0.15) is 22.8 Å². The quantitative estimate of drug-likeness (QED) is 0.938. The first-order valence-electron chi connectivity index (χ1n) is 6.91. The lowest BCUT2D eigenvalue weighted by atomic mass is 10.0. The summed E-state index contributed by atoms with van der Waals surface area (Å²) in [4.78, 5) is 0. The van der Waals surface area contributed by atoms with Gasteiger partial charge in [-0.15, -0.1) is 0 Å². The van der Waals surface area contributed by atoms with Gasteiger partial charge in [-0.3, -0.25) is 0 Å². The van der Waals surface area contributed by atoms with Crippen molar-refractivity contribution in [2.45, 2.75) is 20.0 Å². The molecular formula is C17H18O4. The Bertz CT molecular complexity index is 651. The summed E-state index contributed by atoms with van der Waals surface area (Å²) in [5, 5.41) is 10.2. The van der Waals surface area contributed by atoms with Crippen molar-refractivity contribution < 1.29 is 19.3 Å². The third-order valence-electron chi connectivity index (χ3n) is 3.67. The minimum absolute atomic E-state index is 0.197. The molecular weight excluding hydrogens is 268 g/mol. The Labute approximate surface area is 123 Å². The number of benzene rings is 2. The van der Waals surface area contributed by atoms with Crippen LogP contribution in [0.4, 0.5) is 0 Å². The van der Waals surface area contributed by atoms with Crippen molar-refractivity contribution in [3.8, 4) is 17.2 Å². The van der Waals surface area contributed by atoms with Crippen molar-refractivity contribution in [2.24, 2.45) is 0 Å². The molecule has 2 aromatic carbocycles. The summed E-state index contributed by atoms with van der Waals surface area (Å²) in [5.41, 5.74) is 3.23. The maximum atomic E-state index is 10.2. The van der Waals surface area contributed by atoms with Crippen LogP contribution < -0.4 is 14.2 Å². The minimum atomic E-state index is -0.658. The predicted octanol–water partition coefficient (Wildman–Crippen LogP) is 3.14. The van der Waals surface area contributed by atoms with E-state index >= 15 is 0 Å². The number of aliphatic hydroxyl groups excluding tert-OH is 1. The average Bonchev–Trinajstić information content (AvgIpc) is 2.95. The largest absolute Gasteiger partial charge is 0.490 e. The topological polar surface area (TPSA) is 47.9 Å². The second-order valence-corrected chi connectivity index (χ2v) is 5.19. The Morgan fingerprint density at radius 3 is 2.67 bits per heavy atom. The van der Waals surface area contributed by atoms with Gasteiger partial charge in [0.1, 0.15) is 18.5 Å². The maximum Gasteiger partial charge on any atom is 0.231 e. The first-order chi connectivity index (χ1) is 10.1. The van der Waals surface area contributed by atoms with E-state index in [1.54, 1.807) is 18.2 Å². The summed E-state index contributed by atoms with van der Waals surface area (Å²) < 4.78 is 16.2. The van der Waals surface area contributed by atoms with Crippen molar-refractivity contribution in [1.29, 1.82) is 0 Å². The highest BCUT2D eigenvalue weighted by atomic mass is 16.7. The van der Waals surface area contributed by atoms with Crippen molar-refractivity contribution in [1.82, 2.24) is 0 Å². The van der Waals surface area contributed by atoms with Crippen molar-refractivity contribution >= 4 is 0 Å². The molecule has 1 unspecified atom stereocenters. The summed E-state index contributed by atoms with van der Waals surface area (Å²) >= 11 is 0. The van der Waals surface area contributed by atoms with Crippen molar-refractivity contribution in [3.63, 3.8) is 0 Å². The zero-order valence-corrected chi connectivity index (χ0v) is 12.1. The fraction of sp³-hybridized carbons (Fsp3) is 0.294. The average molecular weight is 286 g/mol. The lowest BCUT2D eigenvalue weighted by molar-refractivity contribution is 0.108. The van der Waals surface area contributed by atoms with Crippen LogP contribution in [-0.4, -0.2) is 18.5 Å². The van der Waals surface area contributed by atoms with Crippen molar-refractivity contribution in [3.05, 3.63) is 53.1 Å². The first-order valence-corrected chi connectivity index (χ1v) is 6.91. The van der Waals surface area contributed by atoms with Gasteiger partial charge >= 0.3 is 0 Å². The smallest absolute Gasteiger partial charge is 0.231 e. The molecule has 0 saturated heterocycles. The summed E-state index contributed by atoms with van der Waals surface area (Å²) in [6, 6.07) is 11.3. The summed E-state index contributed by atoms with van der Waals surface area (Å²) in [6.45, 7) is 4.52. The van der Waals surface area contributed by atoms with Crippen LogP contribution in [0.15, 0.2) is 36.4 Å². The number of hydrogen-bond donors (Lipinski definition) is 1. The fourth-order valence-corrected chi connectivity index (χ4v) is 2.21. The molecule has 0 aromatic heterocycles. The zero-order chi connectivity index (χ0) is 14.8. The molecule has 110 valence electrons. The number of ether oxygens (including phenoxy) is 3. The standard InChI is InChI=1S/C17H18O4/c1-11-3-4-13(7-12(11)2)15(18)9-19-14-5-6-16-17(8-14)21-10-20-16/h3-8,15,18H,9-10H2,1-2H3. The van der Waals surface area contributed by atoms with Gasteiger partial charge in [0.05, 0.1) is 0 Å². The molecule has 1 heterocycles. The molecule has 0 bridgehead atoms. The van der Waals surface area contributed by atoms with E-state index in [2.05, 4.69) is 6.92 Å². The van der Waals surface area contributed by atoms with E-state index in [1.807, 2.05) is 25.1 Å². The molecule has 1 atom stereocenters. The molecule has 0 saturated carbocycles. The molecule has 4 heteroatoms. The number of rotatable bonds is 4. The monoisotopic (exact) mass is 286 g/mol. The molecule has 21 heavy (non-hydrogen) atoms. The zero-order valence-electron chi connectivity index (χ0n) is 12.1. The second kappa shape index (κ2) is 5.66. The number of aliphatic hydroxyl groups is 1. The number of hydrogen-bond acceptors (Lipinski definition) is 4. The Kier molecular flexibility index (Phi) is 3.71. The molecule has 0 aliphatic carbocycles.